The van der Waals surface area contributed by atoms with Crippen LogP contribution in [0.15, 0.2) is 0 Å². The van der Waals surface area contributed by atoms with Crippen LogP contribution in [0.25, 0.3) is 0 Å². The maximum Gasteiger partial charge on any atom is 0.225 e. The molecule has 0 aromatic carbocycles. The molecular formula is C12H22N2O. The van der Waals surface area contributed by atoms with Gasteiger partial charge in [-0.15, -0.1) is 0 Å². The van der Waals surface area contributed by atoms with Crippen molar-refractivity contribution in [2.24, 2.45) is 5.41 Å². The topological polar surface area (TPSA) is 41.1 Å². The van der Waals surface area contributed by atoms with Gasteiger partial charge in [-0.2, -0.15) is 0 Å². The molecule has 1 saturated carbocycles. The average Bonchev–Trinajstić information content (AvgIpc) is 3.00. The van der Waals surface area contributed by atoms with Crippen molar-refractivity contribution in [1.29, 1.82) is 0 Å². The Morgan fingerprint density at radius 3 is 2.93 bits per heavy atom. The normalized spacial score (nSPS) is 29.3. The lowest BCUT2D eigenvalue weighted by Gasteiger charge is -2.18. The van der Waals surface area contributed by atoms with Crippen molar-refractivity contribution in [3.05, 3.63) is 0 Å². The number of amides is 1. The maximum absolute atomic E-state index is 11.7. The smallest absolute Gasteiger partial charge is 0.225 e. The summed E-state index contributed by atoms with van der Waals surface area (Å²) in [5.74, 6) is 0.258. The van der Waals surface area contributed by atoms with Gasteiger partial charge >= 0.3 is 0 Å². The first kappa shape index (κ1) is 10.9. The molecule has 2 fully saturated rings. The Morgan fingerprint density at radius 2 is 2.20 bits per heavy atom. The van der Waals surface area contributed by atoms with E-state index in [1.165, 1.54) is 25.7 Å². The monoisotopic (exact) mass is 210 g/mol. The molecule has 3 heteroatoms. The largest absolute Gasteiger partial charge is 0.354 e. The van der Waals surface area contributed by atoms with E-state index in [4.69, 9.17) is 0 Å². The minimum Gasteiger partial charge on any atom is -0.354 e. The first-order valence-corrected chi connectivity index (χ1v) is 6.22. The highest BCUT2D eigenvalue weighted by molar-refractivity contribution is 5.84. The van der Waals surface area contributed by atoms with Crippen LogP contribution >= 0.6 is 0 Å². The predicted octanol–water partition coefficient (Wildman–Crippen LogP) is 1.43. The van der Waals surface area contributed by atoms with Crippen molar-refractivity contribution in [1.82, 2.24) is 10.6 Å². The van der Waals surface area contributed by atoms with Gasteiger partial charge in [-0.3, -0.25) is 4.79 Å². The fourth-order valence-electron chi connectivity index (χ4n) is 2.12. The summed E-state index contributed by atoms with van der Waals surface area (Å²) in [6.45, 7) is 3.98. The quantitative estimate of drug-likeness (QED) is 0.740. The molecule has 0 spiro atoms. The maximum atomic E-state index is 11.7. The molecule has 1 saturated heterocycles. The molecule has 1 amide bonds. The Balaban J connectivity index is 1.70. The van der Waals surface area contributed by atoms with E-state index < -0.39 is 0 Å². The minimum absolute atomic E-state index is 0.0231. The highest BCUT2D eigenvalue weighted by atomic mass is 16.2. The number of nitrogens with one attached hydrogen (secondary N) is 2. The van der Waals surface area contributed by atoms with Crippen LogP contribution in [0.1, 0.15) is 45.4 Å². The Kier molecular flexibility index (Phi) is 3.29. The summed E-state index contributed by atoms with van der Waals surface area (Å²) in [6, 6.07) is 0.499. The molecule has 1 atom stereocenters. The van der Waals surface area contributed by atoms with Crippen molar-refractivity contribution >= 4 is 5.91 Å². The third kappa shape index (κ3) is 2.94. The molecule has 2 N–H and O–H groups in total. The highest BCUT2D eigenvalue weighted by Gasteiger charge is 2.44. The standard InChI is InChI=1S/C12H22N2O/c1-12(6-7-12)11(15)14-9-10-5-3-2-4-8-13-10/h10,13H,2-9H2,1H3,(H,14,15). The lowest BCUT2D eigenvalue weighted by molar-refractivity contribution is -0.125. The summed E-state index contributed by atoms with van der Waals surface area (Å²) in [5.41, 5.74) is -0.0231. The molecule has 86 valence electrons. The van der Waals surface area contributed by atoms with Crippen molar-refractivity contribution in [3.63, 3.8) is 0 Å². The Bertz CT molecular complexity index is 228. The number of carbonyl (C=O) groups excluding carboxylic acids is 1. The molecule has 2 aliphatic rings. The second kappa shape index (κ2) is 4.52. The summed E-state index contributed by atoms with van der Waals surface area (Å²) in [6.07, 6.45) is 7.24. The van der Waals surface area contributed by atoms with E-state index >= 15 is 0 Å². The van der Waals surface area contributed by atoms with Crippen LogP contribution in [0.2, 0.25) is 0 Å². The van der Waals surface area contributed by atoms with Crippen LogP contribution in [-0.2, 0) is 4.79 Å². The van der Waals surface area contributed by atoms with Gasteiger partial charge in [0.2, 0.25) is 5.91 Å². The SMILES string of the molecule is CC1(C(=O)NCC2CCCCCN2)CC1. The third-order valence-electron chi connectivity index (χ3n) is 3.72. The van der Waals surface area contributed by atoms with Gasteiger partial charge in [-0.25, -0.2) is 0 Å². The average molecular weight is 210 g/mol. The molecule has 1 aliphatic carbocycles. The van der Waals surface area contributed by atoms with Gasteiger partial charge in [0.15, 0.2) is 0 Å². The molecule has 2 rings (SSSR count). The van der Waals surface area contributed by atoms with E-state index in [1.807, 2.05) is 0 Å². The van der Waals surface area contributed by atoms with Crippen LogP contribution in [0.3, 0.4) is 0 Å². The summed E-state index contributed by atoms with van der Waals surface area (Å²) < 4.78 is 0. The minimum atomic E-state index is -0.0231. The fraction of sp³-hybridized carbons (Fsp3) is 0.917. The fourth-order valence-corrected chi connectivity index (χ4v) is 2.12. The van der Waals surface area contributed by atoms with Crippen molar-refractivity contribution in [3.8, 4) is 0 Å². The summed E-state index contributed by atoms with van der Waals surface area (Å²) in [4.78, 5) is 11.7. The van der Waals surface area contributed by atoms with Crippen molar-refractivity contribution in [2.75, 3.05) is 13.1 Å². The lowest BCUT2D eigenvalue weighted by atomic mass is 10.1. The van der Waals surface area contributed by atoms with E-state index in [1.54, 1.807) is 0 Å². The van der Waals surface area contributed by atoms with Crippen molar-refractivity contribution in [2.45, 2.75) is 51.5 Å². The van der Waals surface area contributed by atoms with Gasteiger partial charge in [-0.1, -0.05) is 19.8 Å². The Morgan fingerprint density at radius 1 is 1.40 bits per heavy atom. The van der Waals surface area contributed by atoms with Crippen LogP contribution in [0, 0.1) is 5.41 Å². The highest BCUT2D eigenvalue weighted by Crippen LogP contribution is 2.44. The Hall–Kier alpha value is -0.570. The molecule has 1 aliphatic heterocycles. The molecule has 0 radical (unpaired) electrons. The van der Waals surface area contributed by atoms with Crippen LogP contribution in [0.4, 0.5) is 0 Å². The molecule has 1 unspecified atom stereocenters. The number of hydrogen-bond acceptors (Lipinski definition) is 2. The van der Waals surface area contributed by atoms with Gasteiger partial charge in [0.25, 0.3) is 0 Å². The predicted molar refractivity (Wildman–Crippen MR) is 60.6 cm³/mol. The summed E-state index contributed by atoms with van der Waals surface area (Å²) >= 11 is 0. The molecule has 0 aromatic rings. The number of carbonyl (C=O) groups is 1. The second-order valence-electron chi connectivity index (χ2n) is 5.27. The molecule has 3 nitrogen and oxygen atoms in total. The second-order valence-corrected chi connectivity index (χ2v) is 5.27. The van der Waals surface area contributed by atoms with E-state index in [0.717, 1.165) is 25.9 Å². The van der Waals surface area contributed by atoms with Gasteiger partial charge < -0.3 is 10.6 Å². The van der Waals surface area contributed by atoms with Gasteiger partial charge in [0.1, 0.15) is 0 Å². The van der Waals surface area contributed by atoms with Gasteiger partial charge in [0.05, 0.1) is 0 Å². The van der Waals surface area contributed by atoms with Crippen molar-refractivity contribution < 1.29 is 4.79 Å². The zero-order chi connectivity index (χ0) is 10.7. The van der Waals surface area contributed by atoms with Gasteiger partial charge in [-0.05, 0) is 32.2 Å². The van der Waals surface area contributed by atoms with E-state index in [9.17, 15) is 4.79 Å². The molecule has 1 heterocycles. The first-order chi connectivity index (χ1) is 7.21. The van der Waals surface area contributed by atoms with E-state index in [2.05, 4.69) is 17.6 Å². The zero-order valence-corrected chi connectivity index (χ0v) is 9.64. The number of hydrogen-bond donors (Lipinski definition) is 2. The van der Waals surface area contributed by atoms with E-state index in [0.29, 0.717) is 6.04 Å². The lowest BCUT2D eigenvalue weighted by Crippen LogP contribution is -2.42. The molecule has 0 aromatic heterocycles. The molecular weight excluding hydrogens is 188 g/mol. The molecule has 0 bridgehead atoms. The zero-order valence-electron chi connectivity index (χ0n) is 9.64. The van der Waals surface area contributed by atoms with Gasteiger partial charge in [0, 0.05) is 18.0 Å². The molecule has 15 heavy (non-hydrogen) atoms. The van der Waals surface area contributed by atoms with Crippen LogP contribution in [0.5, 0.6) is 0 Å². The third-order valence-corrected chi connectivity index (χ3v) is 3.72. The van der Waals surface area contributed by atoms with Crippen LogP contribution < -0.4 is 10.6 Å². The summed E-state index contributed by atoms with van der Waals surface area (Å²) in [5, 5.41) is 6.58. The van der Waals surface area contributed by atoms with E-state index in [-0.39, 0.29) is 11.3 Å². The Labute approximate surface area is 92.0 Å². The summed E-state index contributed by atoms with van der Waals surface area (Å²) in [7, 11) is 0. The first-order valence-electron chi connectivity index (χ1n) is 6.22. The number of rotatable bonds is 3. The van der Waals surface area contributed by atoms with Crippen LogP contribution in [-0.4, -0.2) is 25.0 Å².